The highest BCUT2D eigenvalue weighted by molar-refractivity contribution is 9.10. The first-order valence-electron chi connectivity index (χ1n) is 9.82. The minimum absolute atomic E-state index is 0.423. The van der Waals surface area contributed by atoms with Gasteiger partial charge in [-0.3, -0.25) is 4.90 Å². The van der Waals surface area contributed by atoms with Crippen LogP contribution in [0.1, 0.15) is 0 Å². The second kappa shape index (κ2) is 9.05. The van der Waals surface area contributed by atoms with Crippen LogP contribution in [-0.4, -0.2) is 55.4 Å². The van der Waals surface area contributed by atoms with Gasteiger partial charge in [0, 0.05) is 48.6 Å². The van der Waals surface area contributed by atoms with E-state index in [2.05, 4.69) is 85.6 Å². The Morgan fingerprint density at radius 3 is 2.36 bits per heavy atom. The smallest absolute Gasteiger partial charge is 0.0845 e. The van der Waals surface area contributed by atoms with Crippen LogP contribution in [0.3, 0.4) is 0 Å². The van der Waals surface area contributed by atoms with Gasteiger partial charge in [0.15, 0.2) is 0 Å². The van der Waals surface area contributed by atoms with Crippen molar-refractivity contribution in [3.63, 3.8) is 0 Å². The van der Waals surface area contributed by atoms with Gasteiger partial charge >= 0.3 is 0 Å². The number of aliphatic hydroxyl groups is 1. The second-order valence-electron chi connectivity index (χ2n) is 7.32. The third-order valence-corrected chi connectivity index (χ3v) is 5.78. The lowest BCUT2D eigenvalue weighted by Crippen LogP contribution is -2.48. The van der Waals surface area contributed by atoms with E-state index in [0.717, 1.165) is 42.0 Å². The number of hydrogen-bond donors (Lipinski definition) is 2. The molecular weight excluding hydrogens is 414 g/mol. The first-order chi connectivity index (χ1) is 13.7. The number of aliphatic hydroxyl groups excluding tert-OH is 1. The van der Waals surface area contributed by atoms with E-state index < -0.39 is 6.10 Å². The van der Waals surface area contributed by atoms with Gasteiger partial charge in [-0.2, -0.15) is 0 Å². The van der Waals surface area contributed by atoms with Crippen LogP contribution in [0, 0.1) is 0 Å². The maximum atomic E-state index is 10.8. The molecule has 1 atom stereocenters. The quantitative estimate of drug-likeness (QED) is 0.608. The summed E-state index contributed by atoms with van der Waals surface area (Å²) in [6, 6.07) is 23.2. The van der Waals surface area contributed by atoms with Crippen molar-refractivity contribution in [3.8, 4) is 0 Å². The summed E-state index contributed by atoms with van der Waals surface area (Å²) in [5.74, 6) is 0. The molecule has 28 heavy (non-hydrogen) atoms. The fourth-order valence-corrected chi connectivity index (χ4v) is 4.05. The SMILES string of the molecule is OC(CN1CCNCC1)CN(c1ccc(Br)cc1)c1ccc2ccccc2c1. The minimum Gasteiger partial charge on any atom is -0.390 e. The van der Waals surface area contributed by atoms with Crippen molar-refractivity contribution >= 4 is 38.1 Å². The van der Waals surface area contributed by atoms with E-state index in [1.54, 1.807) is 0 Å². The fourth-order valence-electron chi connectivity index (χ4n) is 3.79. The maximum Gasteiger partial charge on any atom is 0.0845 e. The molecule has 2 N–H and O–H groups in total. The van der Waals surface area contributed by atoms with Crippen molar-refractivity contribution in [3.05, 3.63) is 71.2 Å². The topological polar surface area (TPSA) is 38.7 Å². The number of nitrogens with one attached hydrogen (secondary N) is 1. The van der Waals surface area contributed by atoms with Crippen LogP contribution in [0.25, 0.3) is 10.8 Å². The Morgan fingerprint density at radius 1 is 0.929 bits per heavy atom. The summed E-state index contributed by atoms with van der Waals surface area (Å²) in [5, 5.41) is 16.6. The molecule has 0 amide bonds. The Morgan fingerprint density at radius 2 is 1.61 bits per heavy atom. The number of fused-ring (bicyclic) bond motifs is 1. The van der Waals surface area contributed by atoms with Crippen molar-refractivity contribution in [1.29, 1.82) is 0 Å². The third-order valence-electron chi connectivity index (χ3n) is 5.25. The number of rotatable bonds is 6. The van der Waals surface area contributed by atoms with Crippen LogP contribution in [-0.2, 0) is 0 Å². The molecule has 4 rings (SSSR count). The maximum absolute atomic E-state index is 10.8. The summed E-state index contributed by atoms with van der Waals surface area (Å²) >= 11 is 3.52. The molecule has 0 aliphatic carbocycles. The van der Waals surface area contributed by atoms with Gasteiger partial charge in [0.2, 0.25) is 0 Å². The summed E-state index contributed by atoms with van der Waals surface area (Å²) in [7, 11) is 0. The monoisotopic (exact) mass is 439 g/mol. The normalized spacial score (nSPS) is 16.2. The molecule has 1 heterocycles. The van der Waals surface area contributed by atoms with Gasteiger partial charge in [-0.15, -0.1) is 0 Å². The number of hydrogen-bond acceptors (Lipinski definition) is 4. The summed E-state index contributed by atoms with van der Waals surface area (Å²) in [5.41, 5.74) is 2.18. The number of benzene rings is 3. The van der Waals surface area contributed by atoms with Crippen LogP contribution >= 0.6 is 15.9 Å². The van der Waals surface area contributed by atoms with Gasteiger partial charge in [0.25, 0.3) is 0 Å². The van der Waals surface area contributed by atoms with Crippen molar-refractivity contribution < 1.29 is 5.11 Å². The molecule has 3 aromatic rings. The Hall–Kier alpha value is -1.92. The molecule has 0 spiro atoms. The molecule has 0 bridgehead atoms. The standard InChI is InChI=1S/C23H26BrN3O/c24-20-6-9-21(10-7-20)27(17-23(28)16-26-13-11-25-12-14-26)22-8-5-18-3-1-2-4-19(18)15-22/h1-10,15,23,25,28H,11-14,16-17H2. The number of piperazine rings is 1. The van der Waals surface area contributed by atoms with Crippen LogP contribution in [0.4, 0.5) is 11.4 Å². The van der Waals surface area contributed by atoms with E-state index in [0.29, 0.717) is 13.1 Å². The lowest BCUT2D eigenvalue weighted by molar-refractivity contribution is 0.111. The van der Waals surface area contributed by atoms with Crippen molar-refractivity contribution in [2.45, 2.75) is 6.10 Å². The molecule has 3 aromatic carbocycles. The van der Waals surface area contributed by atoms with E-state index in [9.17, 15) is 5.11 Å². The number of nitrogens with zero attached hydrogens (tertiary/aromatic N) is 2. The minimum atomic E-state index is -0.423. The van der Waals surface area contributed by atoms with Crippen LogP contribution in [0.15, 0.2) is 71.2 Å². The summed E-state index contributed by atoms with van der Waals surface area (Å²) in [4.78, 5) is 4.55. The molecule has 1 aliphatic rings. The molecule has 0 radical (unpaired) electrons. The van der Waals surface area contributed by atoms with Crippen molar-refractivity contribution in [2.24, 2.45) is 0 Å². The molecule has 0 aromatic heterocycles. The van der Waals surface area contributed by atoms with Gasteiger partial charge < -0.3 is 15.3 Å². The highest BCUT2D eigenvalue weighted by Crippen LogP contribution is 2.30. The third kappa shape index (κ3) is 4.73. The van der Waals surface area contributed by atoms with Gasteiger partial charge in [-0.25, -0.2) is 0 Å². The highest BCUT2D eigenvalue weighted by atomic mass is 79.9. The predicted octanol–water partition coefficient (Wildman–Crippen LogP) is 4.01. The average molecular weight is 440 g/mol. The van der Waals surface area contributed by atoms with Crippen LogP contribution < -0.4 is 10.2 Å². The van der Waals surface area contributed by atoms with E-state index in [1.165, 1.54) is 10.8 Å². The molecule has 1 saturated heterocycles. The predicted molar refractivity (Wildman–Crippen MR) is 120 cm³/mol. The van der Waals surface area contributed by atoms with Gasteiger partial charge in [-0.05, 0) is 47.2 Å². The highest BCUT2D eigenvalue weighted by Gasteiger charge is 2.19. The van der Waals surface area contributed by atoms with E-state index in [4.69, 9.17) is 0 Å². The van der Waals surface area contributed by atoms with Gasteiger partial charge in [0.05, 0.1) is 12.6 Å². The second-order valence-corrected chi connectivity index (χ2v) is 8.24. The van der Waals surface area contributed by atoms with E-state index in [-0.39, 0.29) is 0 Å². The first kappa shape index (κ1) is 19.4. The van der Waals surface area contributed by atoms with Gasteiger partial charge in [-0.1, -0.05) is 46.3 Å². The Labute approximate surface area is 174 Å². The summed E-state index contributed by atoms with van der Waals surface area (Å²) < 4.78 is 1.05. The molecule has 0 saturated carbocycles. The average Bonchev–Trinajstić information content (AvgIpc) is 2.73. The van der Waals surface area contributed by atoms with Crippen molar-refractivity contribution in [2.75, 3.05) is 44.2 Å². The molecule has 1 fully saturated rings. The molecule has 1 unspecified atom stereocenters. The molecule has 146 valence electrons. The summed E-state index contributed by atoms with van der Waals surface area (Å²) in [6.07, 6.45) is -0.423. The van der Waals surface area contributed by atoms with Crippen LogP contribution in [0.2, 0.25) is 0 Å². The fraction of sp³-hybridized carbons (Fsp3) is 0.304. The molecule has 1 aliphatic heterocycles. The zero-order valence-corrected chi connectivity index (χ0v) is 17.5. The van der Waals surface area contributed by atoms with E-state index in [1.807, 2.05) is 12.1 Å². The zero-order chi connectivity index (χ0) is 19.3. The number of anilines is 2. The first-order valence-corrected chi connectivity index (χ1v) is 10.6. The lowest BCUT2D eigenvalue weighted by Gasteiger charge is -2.32. The van der Waals surface area contributed by atoms with Crippen LogP contribution in [0.5, 0.6) is 0 Å². The zero-order valence-electron chi connectivity index (χ0n) is 15.9. The Kier molecular flexibility index (Phi) is 6.27. The number of β-amino-alcohol motifs (C(OH)–C–C–N with tert-alkyl or cyclic N) is 1. The summed E-state index contributed by atoms with van der Waals surface area (Å²) in [6.45, 7) is 5.23. The number of halogens is 1. The largest absolute Gasteiger partial charge is 0.390 e. The molecular formula is C23H26BrN3O. The van der Waals surface area contributed by atoms with Gasteiger partial charge in [0.1, 0.15) is 0 Å². The van der Waals surface area contributed by atoms with Crippen molar-refractivity contribution in [1.82, 2.24) is 10.2 Å². The lowest BCUT2D eigenvalue weighted by atomic mass is 10.1. The Bertz CT molecular complexity index is 909. The Balaban J connectivity index is 1.60. The molecule has 5 heteroatoms. The van der Waals surface area contributed by atoms with E-state index >= 15 is 0 Å². The molecule has 4 nitrogen and oxygen atoms in total.